The lowest BCUT2D eigenvalue weighted by molar-refractivity contribution is -0.162. The molecule has 0 radical (unpaired) electrons. The summed E-state index contributed by atoms with van der Waals surface area (Å²) in [6.07, 6.45) is 0.406. The van der Waals surface area contributed by atoms with E-state index in [9.17, 15) is 4.79 Å². The standard InChI is InChI=1S/C31H35NO3/c1-29(2,3)24-18-16-22(17-19-24)20-31(28(33)35-30(4,5)6)21-34-27(32-31)26-15-11-10-14-25(26)23-12-8-7-9-13-23/h7-19H,20-21H2,1-6H3/t31-/m1/s1. The molecule has 0 saturated heterocycles. The van der Waals surface area contributed by atoms with Crippen LogP contribution in [0.5, 0.6) is 0 Å². The number of carbonyl (C=O) groups excluding carboxylic acids is 1. The van der Waals surface area contributed by atoms with Gasteiger partial charge in [0, 0.05) is 12.0 Å². The van der Waals surface area contributed by atoms with E-state index < -0.39 is 11.1 Å². The van der Waals surface area contributed by atoms with Crippen LogP contribution in [0.25, 0.3) is 11.1 Å². The van der Waals surface area contributed by atoms with Gasteiger partial charge in [0.1, 0.15) is 12.2 Å². The lowest BCUT2D eigenvalue weighted by Crippen LogP contribution is -2.45. The van der Waals surface area contributed by atoms with E-state index in [1.54, 1.807) is 0 Å². The Hall–Kier alpha value is -3.40. The monoisotopic (exact) mass is 469 g/mol. The SMILES string of the molecule is CC(C)(C)OC(=O)[C@@]1(Cc2ccc(C(C)(C)C)cc2)COC(c2ccccc2-c2ccccc2)=N1. The third kappa shape index (κ3) is 5.64. The van der Waals surface area contributed by atoms with Gasteiger partial charge in [0.15, 0.2) is 5.54 Å². The Morgan fingerprint density at radius 1 is 0.857 bits per heavy atom. The number of nitrogens with zero attached hydrogens (tertiary/aromatic N) is 1. The van der Waals surface area contributed by atoms with Crippen LogP contribution < -0.4 is 0 Å². The summed E-state index contributed by atoms with van der Waals surface area (Å²) in [7, 11) is 0. The van der Waals surface area contributed by atoms with Crippen LogP contribution in [-0.4, -0.2) is 29.6 Å². The predicted molar refractivity (Wildman–Crippen MR) is 142 cm³/mol. The van der Waals surface area contributed by atoms with Crippen LogP contribution in [0.15, 0.2) is 83.9 Å². The topological polar surface area (TPSA) is 47.9 Å². The molecule has 1 aliphatic rings. The fourth-order valence-corrected chi connectivity index (χ4v) is 4.22. The number of rotatable bonds is 5. The van der Waals surface area contributed by atoms with Crippen LogP contribution in [0.3, 0.4) is 0 Å². The molecule has 0 bridgehead atoms. The van der Waals surface area contributed by atoms with Crippen molar-refractivity contribution in [3.8, 4) is 11.1 Å². The average Bonchev–Trinajstić information content (AvgIpc) is 3.23. The largest absolute Gasteiger partial charge is 0.474 e. The molecule has 0 saturated carbocycles. The highest BCUT2D eigenvalue weighted by Crippen LogP contribution is 2.33. The summed E-state index contributed by atoms with van der Waals surface area (Å²) in [4.78, 5) is 18.5. The van der Waals surface area contributed by atoms with E-state index in [4.69, 9.17) is 14.5 Å². The minimum Gasteiger partial charge on any atom is -0.474 e. The zero-order valence-corrected chi connectivity index (χ0v) is 21.6. The first-order chi connectivity index (χ1) is 16.5. The van der Waals surface area contributed by atoms with Gasteiger partial charge < -0.3 is 9.47 Å². The molecule has 4 nitrogen and oxygen atoms in total. The third-order valence-electron chi connectivity index (χ3n) is 6.10. The first-order valence-electron chi connectivity index (χ1n) is 12.2. The second kappa shape index (κ2) is 9.33. The van der Waals surface area contributed by atoms with Crippen molar-refractivity contribution in [3.63, 3.8) is 0 Å². The molecule has 0 aliphatic carbocycles. The van der Waals surface area contributed by atoms with Gasteiger partial charge in [0.2, 0.25) is 5.90 Å². The van der Waals surface area contributed by atoms with Crippen LogP contribution in [0.4, 0.5) is 0 Å². The molecule has 0 N–H and O–H groups in total. The summed E-state index contributed by atoms with van der Waals surface area (Å²) in [5.74, 6) is 0.110. The van der Waals surface area contributed by atoms with Crippen molar-refractivity contribution in [1.29, 1.82) is 0 Å². The molecule has 1 atom stereocenters. The maximum Gasteiger partial charge on any atom is 0.338 e. The number of benzene rings is 3. The Labute approximate surface area is 209 Å². The molecule has 4 heteroatoms. The van der Waals surface area contributed by atoms with Crippen molar-refractivity contribution in [2.45, 2.75) is 64.5 Å². The highest BCUT2D eigenvalue weighted by atomic mass is 16.6. The predicted octanol–water partition coefficient (Wildman–Crippen LogP) is 6.75. The Balaban J connectivity index is 1.74. The van der Waals surface area contributed by atoms with E-state index in [2.05, 4.69) is 63.2 Å². The van der Waals surface area contributed by atoms with Crippen LogP contribution >= 0.6 is 0 Å². The highest BCUT2D eigenvalue weighted by Gasteiger charge is 2.47. The van der Waals surface area contributed by atoms with Gasteiger partial charge >= 0.3 is 5.97 Å². The lowest BCUT2D eigenvalue weighted by Gasteiger charge is -2.28. The molecule has 0 unspecified atom stereocenters. The maximum absolute atomic E-state index is 13.5. The molecule has 0 aromatic heterocycles. The smallest absolute Gasteiger partial charge is 0.338 e. The summed E-state index contributed by atoms with van der Waals surface area (Å²) < 4.78 is 12.0. The maximum atomic E-state index is 13.5. The summed E-state index contributed by atoms with van der Waals surface area (Å²) in [6, 6.07) is 26.6. The van der Waals surface area contributed by atoms with Gasteiger partial charge in [-0.15, -0.1) is 0 Å². The van der Waals surface area contributed by atoms with Crippen molar-refractivity contribution in [2.24, 2.45) is 4.99 Å². The molecule has 4 rings (SSSR count). The Morgan fingerprint density at radius 2 is 1.46 bits per heavy atom. The fourth-order valence-electron chi connectivity index (χ4n) is 4.22. The summed E-state index contributed by atoms with van der Waals surface area (Å²) in [5, 5.41) is 0. The molecule has 1 heterocycles. The van der Waals surface area contributed by atoms with Crippen molar-refractivity contribution in [2.75, 3.05) is 6.61 Å². The summed E-state index contributed by atoms with van der Waals surface area (Å²) >= 11 is 0. The summed E-state index contributed by atoms with van der Waals surface area (Å²) in [6.45, 7) is 12.3. The second-order valence-electron chi connectivity index (χ2n) is 11.3. The van der Waals surface area contributed by atoms with E-state index in [1.165, 1.54) is 5.56 Å². The van der Waals surface area contributed by atoms with Crippen LogP contribution in [0.1, 0.15) is 58.2 Å². The molecular formula is C31H35NO3. The number of carbonyl (C=O) groups is 1. The van der Waals surface area contributed by atoms with Gasteiger partial charge in [0.25, 0.3) is 0 Å². The molecule has 0 fully saturated rings. The fraction of sp³-hybridized carbons (Fsp3) is 0.355. The number of hydrogen-bond donors (Lipinski definition) is 0. The van der Waals surface area contributed by atoms with Gasteiger partial charge in [-0.25, -0.2) is 9.79 Å². The minimum atomic E-state index is -1.14. The van der Waals surface area contributed by atoms with Crippen molar-refractivity contribution in [1.82, 2.24) is 0 Å². The minimum absolute atomic E-state index is 0.0598. The molecule has 3 aromatic carbocycles. The van der Waals surface area contributed by atoms with Crippen LogP contribution in [0.2, 0.25) is 0 Å². The van der Waals surface area contributed by atoms with Gasteiger partial charge in [-0.3, -0.25) is 0 Å². The van der Waals surface area contributed by atoms with Crippen molar-refractivity contribution < 1.29 is 14.3 Å². The summed E-state index contributed by atoms with van der Waals surface area (Å²) in [5.41, 5.74) is 3.51. The Bertz CT molecular complexity index is 1210. The lowest BCUT2D eigenvalue weighted by atomic mass is 9.85. The number of aliphatic imine (C=N–C) groups is 1. The average molecular weight is 470 g/mol. The van der Waals surface area contributed by atoms with Crippen molar-refractivity contribution in [3.05, 3.63) is 95.6 Å². The van der Waals surface area contributed by atoms with E-state index >= 15 is 0 Å². The molecule has 35 heavy (non-hydrogen) atoms. The third-order valence-corrected chi connectivity index (χ3v) is 6.10. The first-order valence-corrected chi connectivity index (χ1v) is 12.2. The Kier molecular flexibility index (Phi) is 6.59. The van der Waals surface area contributed by atoms with Gasteiger partial charge in [-0.2, -0.15) is 0 Å². The highest BCUT2D eigenvalue weighted by molar-refractivity contribution is 6.04. The zero-order chi connectivity index (χ0) is 25.3. The van der Waals surface area contributed by atoms with E-state index in [-0.39, 0.29) is 18.0 Å². The van der Waals surface area contributed by atoms with E-state index in [0.717, 1.165) is 22.3 Å². The number of hydrogen-bond acceptors (Lipinski definition) is 4. The second-order valence-corrected chi connectivity index (χ2v) is 11.3. The normalized spacial score (nSPS) is 18.1. The Morgan fingerprint density at radius 3 is 2.06 bits per heavy atom. The van der Waals surface area contributed by atoms with Crippen LogP contribution in [0, 0.1) is 0 Å². The van der Waals surface area contributed by atoms with E-state index in [1.807, 2.05) is 57.2 Å². The molecule has 3 aromatic rings. The molecule has 0 amide bonds. The van der Waals surface area contributed by atoms with Gasteiger partial charge in [-0.05, 0) is 54.5 Å². The van der Waals surface area contributed by atoms with Gasteiger partial charge in [0.05, 0.1) is 0 Å². The van der Waals surface area contributed by atoms with Crippen molar-refractivity contribution >= 4 is 11.9 Å². The zero-order valence-electron chi connectivity index (χ0n) is 21.6. The molecule has 1 aliphatic heterocycles. The van der Waals surface area contributed by atoms with Gasteiger partial charge in [-0.1, -0.05) is 93.6 Å². The number of esters is 1. The van der Waals surface area contributed by atoms with Crippen LogP contribution in [-0.2, 0) is 26.1 Å². The number of ether oxygens (including phenoxy) is 2. The quantitative estimate of drug-likeness (QED) is 0.388. The van der Waals surface area contributed by atoms with E-state index in [0.29, 0.717) is 12.3 Å². The first kappa shape index (κ1) is 24.7. The molecule has 182 valence electrons. The molecular weight excluding hydrogens is 434 g/mol. The molecule has 0 spiro atoms.